The van der Waals surface area contributed by atoms with Crippen LogP contribution in [0.25, 0.3) is 60.0 Å². The van der Waals surface area contributed by atoms with Crippen LogP contribution in [0.5, 0.6) is 0 Å². The number of nitrogens with one attached hydrogen (secondary N) is 1. The molecular weight excluding hydrogens is 715 g/mol. The van der Waals surface area contributed by atoms with E-state index in [2.05, 4.69) is 204 Å². The van der Waals surface area contributed by atoms with Crippen molar-refractivity contribution in [1.82, 2.24) is 5.32 Å². The number of para-hydroxylation sites is 2. The van der Waals surface area contributed by atoms with Gasteiger partial charge in [-0.15, -0.1) is 11.3 Å². The van der Waals surface area contributed by atoms with Crippen LogP contribution in [0, 0.1) is 0 Å². The quantitative estimate of drug-likeness (QED) is 0.176. The van der Waals surface area contributed by atoms with Crippen LogP contribution in [-0.4, -0.2) is 0 Å². The Bertz CT molecular complexity index is 3190. The summed E-state index contributed by atoms with van der Waals surface area (Å²) in [4.78, 5) is 7.82. The molecular formula is C52H35N3OS. The Labute approximate surface area is 333 Å². The zero-order chi connectivity index (χ0) is 37.7. The van der Waals surface area contributed by atoms with Gasteiger partial charge < -0.3 is 14.6 Å². The first kappa shape index (κ1) is 33.2. The van der Waals surface area contributed by atoms with Gasteiger partial charge in [-0.1, -0.05) is 140 Å². The highest BCUT2D eigenvalue weighted by Crippen LogP contribution is 2.41. The summed E-state index contributed by atoms with van der Waals surface area (Å²) < 4.78 is 9.01. The fourth-order valence-electron chi connectivity index (χ4n) is 8.19. The SMILES string of the molecule is c1ccc(C2=c3sc4ccccc4c3=NC(c3cc(-c4ccc(N(c5ccccc5)c5ccc(-c6ccccc6)cc5)cc4)cc4oc5ccccc5c34)N2)cc1. The Morgan fingerprint density at radius 1 is 0.474 bits per heavy atom. The van der Waals surface area contributed by atoms with Crippen molar-refractivity contribution in [3.8, 4) is 22.3 Å². The molecule has 1 aliphatic heterocycles. The van der Waals surface area contributed by atoms with Gasteiger partial charge in [0.15, 0.2) is 0 Å². The zero-order valence-corrected chi connectivity index (χ0v) is 31.7. The van der Waals surface area contributed by atoms with E-state index in [-0.39, 0.29) is 6.17 Å². The molecule has 3 heterocycles. The Kier molecular flexibility index (Phi) is 8.04. The van der Waals surface area contributed by atoms with E-state index in [0.717, 1.165) is 76.8 Å². The summed E-state index contributed by atoms with van der Waals surface area (Å²) in [7, 11) is 0. The molecule has 2 aromatic heterocycles. The summed E-state index contributed by atoms with van der Waals surface area (Å²) >= 11 is 1.79. The number of fused-ring (bicyclic) bond motifs is 6. The second kappa shape index (κ2) is 13.8. The monoisotopic (exact) mass is 749 g/mol. The molecule has 1 unspecified atom stereocenters. The van der Waals surface area contributed by atoms with Crippen LogP contribution in [0.2, 0.25) is 0 Å². The average Bonchev–Trinajstić information content (AvgIpc) is 3.86. The molecule has 0 spiro atoms. The Morgan fingerprint density at radius 2 is 1.02 bits per heavy atom. The van der Waals surface area contributed by atoms with Crippen molar-refractivity contribution < 1.29 is 4.42 Å². The highest BCUT2D eigenvalue weighted by Gasteiger charge is 2.25. The Balaban J connectivity index is 1.04. The number of benzene rings is 8. The molecule has 0 radical (unpaired) electrons. The molecule has 5 heteroatoms. The van der Waals surface area contributed by atoms with Gasteiger partial charge in [-0.3, -0.25) is 4.99 Å². The van der Waals surface area contributed by atoms with Crippen molar-refractivity contribution in [3.63, 3.8) is 0 Å². The molecule has 10 aromatic rings. The molecule has 0 amide bonds. The third-order valence-electron chi connectivity index (χ3n) is 10.9. The van der Waals surface area contributed by atoms with E-state index in [0.29, 0.717) is 0 Å². The summed E-state index contributed by atoms with van der Waals surface area (Å²) in [5, 5.41) is 8.29. The molecule has 0 saturated heterocycles. The highest BCUT2D eigenvalue weighted by molar-refractivity contribution is 7.17. The van der Waals surface area contributed by atoms with Crippen LogP contribution in [-0.2, 0) is 0 Å². The first-order chi connectivity index (χ1) is 28.2. The molecule has 1 N–H and O–H groups in total. The van der Waals surface area contributed by atoms with Gasteiger partial charge >= 0.3 is 0 Å². The van der Waals surface area contributed by atoms with Crippen molar-refractivity contribution >= 4 is 66.1 Å². The molecule has 0 aliphatic carbocycles. The molecule has 0 bridgehead atoms. The maximum atomic E-state index is 6.62. The van der Waals surface area contributed by atoms with Crippen molar-refractivity contribution in [3.05, 3.63) is 221 Å². The van der Waals surface area contributed by atoms with E-state index in [1.54, 1.807) is 11.3 Å². The normalized spacial score (nSPS) is 13.7. The second-order valence-corrected chi connectivity index (χ2v) is 15.4. The summed E-state index contributed by atoms with van der Waals surface area (Å²) in [6.07, 6.45) is -0.346. The second-order valence-electron chi connectivity index (χ2n) is 14.4. The van der Waals surface area contributed by atoms with Crippen LogP contribution < -0.4 is 20.1 Å². The first-order valence-corrected chi connectivity index (χ1v) is 20.0. The standard InChI is InChI=1S/C52H35N3OS/c1-4-14-34(15-5-1)35-24-28-40(29-25-35)55(39-18-8-3-9-19-39)41-30-26-36(27-31-41)38-32-44(48-42-20-10-12-22-45(42)56-46(48)33-38)52-53-49(37-16-6-2-7-17-37)51-50(54-52)43-21-11-13-23-47(43)57-51/h1-33,52-53H. The van der Waals surface area contributed by atoms with Crippen molar-refractivity contribution in [2.24, 2.45) is 4.99 Å². The summed E-state index contributed by atoms with van der Waals surface area (Å²) in [6, 6.07) is 70.8. The predicted octanol–water partition coefficient (Wildman–Crippen LogP) is 12.7. The van der Waals surface area contributed by atoms with Gasteiger partial charge in [0.2, 0.25) is 0 Å². The van der Waals surface area contributed by atoms with E-state index >= 15 is 0 Å². The lowest BCUT2D eigenvalue weighted by atomic mass is 9.96. The number of nitrogens with zero attached hydrogens (tertiary/aromatic N) is 2. The van der Waals surface area contributed by atoms with Crippen molar-refractivity contribution in [1.29, 1.82) is 0 Å². The van der Waals surface area contributed by atoms with E-state index in [1.165, 1.54) is 21.2 Å². The lowest BCUT2D eigenvalue weighted by Crippen LogP contribution is -2.37. The molecule has 0 fully saturated rings. The number of anilines is 3. The lowest BCUT2D eigenvalue weighted by molar-refractivity contribution is 0.641. The summed E-state index contributed by atoms with van der Waals surface area (Å²) in [5.41, 5.74) is 12.9. The molecule has 270 valence electrons. The summed E-state index contributed by atoms with van der Waals surface area (Å²) in [6.45, 7) is 0. The van der Waals surface area contributed by atoms with Crippen LogP contribution >= 0.6 is 11.3 Å². The minimum Gasteiger partial charge on any atom is -0.456 e. The predicted molar refractivity (Wildman–Crippen MR) is 237 cm³/mol. The van der Waals surface area contributed by atoms with E-state index in [9.17, 15) is 0 Å². The largest absolute Gasteiger partial charge is 0.456 e. The number of rotatable bonds is 7. The van der Waals surface area contributed by atoms with Gasteiger partial charge in [-0.2, -0.15) is 0 Å². The minimum atomic E-state index is -0.346. The molecule has 1 aliphatic rings. The Morgan fingerprint density at radius 3 is 1.72 bits per heavy atom. The highest BCUT2D eigenvalue weighted by atomic mass is 32.1. The van der Waals surface area contributed by atoms with Gasteiger partial charge in [-0.05, 0) is 88.5 Å². The molecule has 4 nitrogen and oxygen atoms in total. The average molecular weight is 750 g/mol. The van der Waals surface area contributed by atoms with Gasteiger partial charge in [-0.25, -0.2) is 0 Å². The van der Waals surface area contributed by atoms with Gasteiger partial charge in [0.25, 0.3) is 0 Å². The maximum absolute atomic E-state index is 6.62. The fraction of sp³-hybridized carbons (Fsp3) is 0.0192. The minimum absolute atomic E-state index is 0.346. The van der Waals surface area contributed by atoms with Crippen LogP contribution in [0.4, 0.5) is 17.1 Å². The van der Waals surface area contributed by atoms with Crippen molar-refractivity contribution in [2.45, 2.75) is 6.17 Å². The molecule has 11 rings (SSSR count). The lowest BCUT2D eigenvalue weighted by Gasteiger charge is -2.26. The first-order valence-electron chi connectivity index (χ1n) is 19.2. The van der Waals surface area contributed by atoms with E-state index < -0.39 is 0 Å². The number of hydrogen-bond acceptors (Lipinski definition) is 5. The number of furan rings is 1. The third kappa shape index (κ3) is 5.88. The summed E-state index contributed by atoms with van der Waals surface area (Å²) in [5.74, 6) is 0. The number of hydrogen-bond donors (Lipinski definition) is 1. The molecule has 57 heavy (non-hydrogen) atoms. The maximum Gasteiger partial charge on any atom is 0.146 e. The zero-order valence-electron chi connectivity index (χ0n) is 30.8. The van der Waals surface area contributed by atoms with E-state index in [4.69, 9.17) is 9.41 Å². The topological polar surface area (TPSA) is 40.8 Å². The van der Waals surface area contributed by atoms with Crippen LogP contribution in [0.3, 0.4) is 0 Å². The van der Waals surface area contributed by atoms with Crippen LogP contribution in [0.15, 0.2) is 210 Å². The number of thiophene rings is 1. The smallest absolute Gasteiger partial charge is 0.146 e. The van der Waals surface area contributed by atoms with Crippen molar-refractivity contribution in [2.75, 3.05) is 4.90 Å². The molecule has 1 atom stereocenters. The van der Waals surface area contributed by atoms with Gasteiger partial charge in [0.05, 0.1) is 15.6 Å². The van der Waals surface area contributed by atoms with Gasteiger partial charge in [0, 0.05) is 43.5 Å². The van der Waals surface area contributed by atoms with Gasteiger partial charge in [0.1, 0.15) is 17.3 Å². The molecule has 0 saturated carbocycles. The van der Waals surface area contributed by atoms with E-state index in [1.807, 2.05) is 6.07 Å². The molecule has 8 aromatic carbocycles. The third-order valence-corrected chi connectivity index (χ3v) is 12.1. The van der Waals surface area contributed by atoms with Crippen LogP contribution in [0.1, 0.15) is 17.3 Å². The fourth-order valence-corrected chi connectivity index (χ4v) is 9.37. The Hall–Kier alpha value is -7.21.